The Kier molecular flexibility index (Phi) is 6.47. The molecule has 11 heteroatoms. The van der Waals surface area contributed by atoms with Gasteiger partial charge in [0.15, 0.2) is 0 Å². The van der Waals surface area contributed by atoms with Crippen LogP contribution in [0, 0.1) is 10.1 Å². The molecule has 0 unspecified atom stereocenters. The first kappa shape index (κ1) is 21.8. The quantitative estimate of drug-likeness (QED) is 0.495. The lowest BCUT2D eigenvalue weighted by Crippen LogP contribution is -2.19. The number of rotatable bonds is 6. The average molecular weight is 445 g/mol. The zero-order chi connectivity index (χ0) is 21.9. The van der Waals surface area contributed by atoms with Crippen molar-refractivity contribution in [2.75, 3.05) is 18.5 Å². The van der Waals surface area contributed by atoms with Crippen molar-refractivity contribution in [1.82, 2.24) is 0 Å². The van der Waals surface area contributed by atoms with Gasteiger partial charge in [-0.3, -0.25) is 14.9 Å². The van der Waals surface area contributed by atoms with Gasteiger partial charge in [-0.1, -0.05) is 11.6 Å². The van der Waals surface area contributed by atoms with Crippen molar-refractivity contribution < 1.29 is 32.4 Å². The van der Waals surface area contributed by atoms with Crippen molar-refractivity contribution >= 4 is 28.9 Å². The number of alkyl halides is 3. The highest BCUT2D eigenvalue weighted by Crippen LogP contribution is 2.36. The van der Waals surface area contributed by atoms with Crippen LogP contribution >= 0.6 is 11.6 Å². The summed E-state index contributed by atoms with van der Waals surface area (Å²) >= 11 is 5.73. The average Bonchev–Trinajstić information content (AvgIpc) is 3.19. The van der Waals surface area contributed by atoms with E-state index in [1.165, 1.54) is 6.07 Å². The van der Waals surface area contributed by atoms with E-state index in [4.69, 9.17) is 21.1 Å². The molecule has 0 spiro atoms. The van der Waals surface area contributed by atoms with E-state index in [-0.39, 0.29) is 34.7 Å². The van der Waals surface area contributed by atoms with E-state index in [2.05, 4.69) is 5.32 Å². The molecule has 1 N–H and O–H groups in total. The van der Waals surface area contributed by atoms with Crippen molar-refractivity contribution in [3.8, 4) is 5.75 Å². The minimum Gasteiger partial charge on any atom is -0.489 e. The first-order chi connectivity index (χ1) is 14.1. The Hall–Kier alpha value is -2.85. The molecular weight excluding hydrogens is 429 g/mol. The van der Waals surface area contributed by atoms with Crippen molar-refractivity contribution in [1.29, 1.82) is 0 Å². The summed E-state index contributed by atoms with van der Waals surface area (Å²) in [5, 5.41) is 13.2. The van der Waals surface area contributed by atoms with Crippen LogP contribution in [0.2, 0.25) is 5.02 Å². The van der Waals surface area contributed by atoms with Gasteiger partial charge in [0.25, 0.3) is 11.6 Å². The molecule has 0 saturated carbocycles. The summed E-state index contributed by atoms with van der Waals surface area (Å²) in [5.74, 6) is -0.827. The summed E-state index contributed by atoms with van der Waals surface area (Å²) in [7, 11) is 0. The van der Waals surface area contributed by atoms with Crippen LogP contribution in [0.4, 0.5) is 24.5 Å². The Balaban J connectivity index is 1.86. The number of nitrogens with one attached hydrogen (secondary N) is 1. The lowest BCUT2D eigenvalue weighted by Gasteiger charge is -2.17. The summed E-state index contributed by atoms with van der Waals surface area (Å²) in [4.78, 5) is 22.8. The fourth-order valence-corrected chi connectivity index (χ4v) is 3.06. The Morgan fingerprint density at radius 1 is 1.30 bits per heavy atom. The highest BCUT2D eigenvalue weighted by Gasteiger charge is 2.31. The number of benzene rings is 2. The van der Waals surface area contributed by atoms with Gasteiger partial charge in [0.05, 0.1) is 22.3 Å². The minimum atomic E-state index is -4.63. The molecule has 0 aromatic heterocycles. The van der Waals surface area contributed by atoms with Crippen LogP contribution < -0.4 is 10.1 Å². The van der Waals surface area contributed by atoms with Gasteiger partial charge in [-0.05, 0) is 43.2 Å². The second kappa shape index (κ2) is 8.88. The lowest BCUT2D eigenvalue weighted by molar-refractivity contribution is -0.384. The smallest absolute Gasteiger partial charge is 0.416 e. The number of hydrogen-bond acceptors (Lipinski definition) is 5. The second-order valence-electron chi connectivity index (χ2n) is 6.53. The zero-order valence-electron chi connectivity index (χ0n) is 15.4. The summed E-state index contributed by atoms with van der Waals surface area (Å²) in [5.41, 5.74) is -1.84. The van der Waals surface area contributed by atoms with Gasteiger partial charge in [-0.15, -0.1) is 0 Å². The fraction of sp³-hybridized carbons (Fsp3) is 0.316. The molecular formula is C19H16ClF3N2O5. The normalized spacial score (nSPS) is 16.3. The van der Waals surface area contributed by atoms with Gasteiger partial charge < -0.3 is 14.8 Å². The molecule has 30 heavy (non-hydrogen) atoms. The maximum absolute atomic E-state index is 13.1. The largest absolute Gasteiger partial charge is 0.489 e. The van der Waals surface area contributed by atoms with Crippen LogP contribution in [0.3, 0.4) is 0 Å². The number of nitrogens with zero attached hydrogens (tertiary/aromatic N) is 1. The Morgan fingerprint density at radius 2 is 2.07 bits per heavy atom. The van der Waals surface area contributed by atoms with Gasteiger partial charge in [-0.2, -0.15) is 13.2 Å². The van der Waals surface area contributed by atoms with Crippen molar-refractivity contribution in [3.63, 3.8) is 0 Å². The molecule has 0 radical (unpaired) electrons. The molecule has 3 rings (SSSR count). The van der Waals surface area contributed by atoms with E-state index in [0.717, 1.165) is 43.2 Å². The van der Waals surface area contributed by atoms with E-state index < -0.39 is 28.3 Å². The van der Waals surface area contributed by atoms with E-state index in [1.807, 2.05) is 0 Å². The number of carbonyl (C=O) groups excluding carboxylic acids is 1. The summed E-state index contributed by atoms with van der Waals surface area (Å²) in [6, 6.07) is 6.03. The van der Waals surface area contributed by atoms with E-state index in [9.17, 15) is 28.1 Å². The van der Waals surface area contributed by atoms with Crippen molar-refractivity contribution in [2.45, 2.75) is 25.1 Å². The number of amides is 1. The maximum atomic E-state index is 13.1. The predicted octanol–water partition coefficient (Wildman–Crippen LogP) is 5.08. The van der Waals surface area contributed by atoms with Gasteiger partial charge in [0, 0.05) is 18.2 Å². The zero-order valence-corrected chi connectivity index (χ0v) is 16.1. The first-order valence-electron chi connectivity index (χ1n) is 8.86. The lowest BCUT2D eigenvalue weighted by atomic mass is 10.1. The van der Waals surface area contributed by atoms with Gasteiger partial charge in [-0.25, -0.2) is 0 Å². The van der Waals surface area contributed by atoms with Crippen molar-refractivity contribution in [2.24, 2.45) is 0 Å². The molecule has 1 heterocycles. The van der Waals surface area contributed by atoms with Gasteiger partial charge in [0.2, 0.25) is 0 Å². The van der Waals surface area contributed by atoms with Crippen LogP contribution in [0.1, 0.15) is 28.8 Å². The number of carbonyl (C=O) groups is 1. The highest BCUT2D eigenvalue weighted by molar-refractivity contribution is 6.32. The Morgan fingerprint density at radius 3 is 2.70 bits per heavy atom. The van der Waals surface area contributed by atoms with Gasteiger partial charge in [0.1, 0.15) is 17.4 Å². The third-order valence-electron chi connectivity index (χ3n) is 4.41. The van der Waals surface area contributed by atoms with Crippen LogP contribution in [0.25, 0.3) is 0 Å². The predicted molar refractivity (Wildman–Crippen MR) is 102 cm³/mol. The molecule has 1 saturated heterocycles. The number of anilines is 1. The standard InChI is InChI=1S/C19H16ClF3N2O5/c20-14-5-3-11(8-16(14)25(27)28)18(26)24-15-9-12(19(21,22)23)4-6-17(15)30-10-13-2-1-7-29-13/h3-6,8-9,13H,1-2,7,10H2,(H,24,26)/t13-/m0/s1. The third-order valence-corrected chi connectivity index (χ3v) is 4.73. The number of hydrogen-bond donors (Lipinski definition) is 1. The fourth-order valence-electron chi connectivity index (χ4n) is 2.88. The molecule has 0 aliphatic carbocycles. The maximum Gasteiger partial charge on any atom is 0.416 e. The second-order valence-corrected chi connectivity index (χ2v) is 6.94. The first-order valence-corrected chi connectivity index (χ1v) is 9.24. The number of halogens is 4. The summed E-state index contributed by atoms with van der Waals surface area (Å²) in [6.45, 7) is 0.695. The molecule has 1 atom stereocenters. The monoisotopic (exact) mass is 444 g/mol. The van der Waals surface area contributed by atoms with Crippen LogP contribution in [-0.4, -0.2) is 30.1 Å². The molecule has 1 aliphatic rings. The van der Waals surface area contributed by atoms with Crippen LogP contribution in [-0.2, 0) is 10.9 Å². The molecule has 1 amide bonds. The minimum absolute atomic E-state index is 0.0234. The molecule has 1 aliphatic heterocycles. The molecule has 2 aromatic carbocycles. The van der Waals surface area contributed by atoms with Crippen LogP contribution in [0.5, 0.6) is 5.75 Å². The van der Waals surface area contributed by atoms with Gasteiger partial charge >= 0.3 is 6.18 Å². The van der Waals surface area contributed by atoms with Crippen molar-refractivity contribution in [3.05, 3.63) is 62.7 Å². The molecule has 2 aromatic rings. The number of nitro groups is 1. The highest BCUT2D eigenvalue weighted by atomic mass is 35.5. The van der Waals surface area contributed by atoms with E-state index >= 15 is 0 Å². The third kappa shape index (κ3) is 5.19. The Bertz CT molecular complexity index is 962. The van der Waals surface area contributed by atoms with Crippen LogP contribution in [0.15, 0.2) is 36.4 Å². The summed E-state index contributed by atoms with van der Waals surface area (Å²) in [6.07, 6.45) is -3.20. The molecule has 0 bridgehead atoms. The molecule has 7 nitrogen and oxygen atoms in total. The topological polar surface area (TPSA) is 90.7 Å². The van der Waals surface area contributed by atoms with E-state index in [1.54, 1.807) is 0 Å². The molecule has 1 fully saturated rings. The Labute approximate surface area is 173 Å². The summed E-state index contributed by atoms with van der Waals surface area (Å²) < 4.78 is 50.3. The number of ether oxygens (including phenoxy) is 2. The SMILES string of the molecule is O=C(Nc1cc(C(F)(F)F)ccc1OC[C@@H]1CCCO1)c1ccc(Cl)c([N+](=O)[O-])c1. The number of nitro benzene ring substituents is 1. The molecule has 160 valence electrons. The van der Waals surface area contributed by atoms with E-state index in [0.29, 0.717) is 6.61 Å².